The van der Waals surface area contributed by atoms with Crippen molar-refractivity contribution >= 4 is 21.8 Å². The van der Waals surface area contributed by atoms with Gasteiger partial charge < -0.3 is 9.80 Å². The fourth-order valence-corrected chi connectivity index (χ4v) is 3.90. The van der Waals surface area contributed by atoms with Crippen LogP contribution in [0.5, 0.6) is 0 Å². The van der Waals surface area contributed by atoms with Crippen LogP contribution in [0.25, 0.3) is 0 Å². The van der Waals surface area contributed by atoms with Crippen molar-refractivity contribution in [1.82, 2.24) is 14.5 Å². The molecule has 0 spiro atoms. The van der Waals surface area contributed by atoms with Crippen molar-refractivity contribution < 1.29 is 18.0 Å². The largest absolute Gasteiger partial charge is 0.341 e. The molecule has 2 fully saturated rings. The molecule has 2 rings (SSSR count). The molecule has 2 heterocycles. The number of carbonyl (C=O) groups excluding carboxylic acids is 2. The van der Waals surface area contributed by atoms with E-state index in [4.69, 9.17) is 0 Å². The molecule has 2 aliphatic rings. The standard InChI is InChI=1S/C15H27N3O4S/c1-11(2)9-18-13-6-7-17(10-12(13)4-5-14(18)19)15(20)8-16-23(3,21)22/h11-13,16H,4-10H2,1-3H3/t12-,13+/m0/s1. The predicted octanol–water partition coefficient (Wildman–Crippen LogP) is 0.0311. The number of fused-ring (bicyclic) bond motifs is 1. The van der Waals surface area contributed by atoms with Crippen LogP contribution in [0.15, 0.2) is 0 Å². The first-order chi connectivity index (χ1) is 10.7. The van der Waals surface area contributed by atoms with Crippen molar-refractivity contribution in [3.8, 4) is 0 Å². The first-order valence-corrected chi connectivity index (χ1v) is 10.1. The topological polar surface area (TPSA) is 86.8 Å². The summed E-state index contributed by atoms with van der Waals surface area (Å²) in [5.74, 6) is 0.748. The van der Waals surface area contributed by atoms with Crippen molar-refractivity contribution in [2.24, 2.45) is 11.8 Å². The zero-order valence-corrected chi connectivity index (χ0v) is 14.9. The molecule has 23 heavy (non-hydrogen) atoms. The highest BCUT2D eigenvalue weighted by Gasteiger charge is 2.40. The first kappa shape index (κ1) is 18.2. The number of likely N-dealkylation sites (tertiary alicyclic amines) is 2. The third-order valence-corrected chi connectivity index (χ3v) is 5.21. The van der Waals surface area contributed by atoms with Gasteiger partial charge in [-0.05, 0) is 24.7 Å². The van der Waals surface area contributed by atoms with Crippen LogP contribution < -0.4 is 4.72 Å². The van der Waals surface area contributed by atoms with Crippen molar-refractivity contribution in [2.45, 2.75) is 39.2 Å². The molecule has 0 aliphatic carbocycles. The zero-order chi connectivity index (χ0) is 17.2. The second-order valence-corrected chi connectivity index (χ2v) is 8.86. The zero-order valence-electron chi connectivity index (χ0n) is 14.1. The Hall–Kier alpha value is -1.15. The number of hydrogen-bond donors (Lipinski definition) is 1. The molecular formula is C15H27N3O4S. The number of sulfonamides is 1. The Morgan fingerprint density at radius 2 is 2.04 bits per heavy atom. The highest BCUT2D eigenvalue weighted by Crippen LogP contribution is 2.31. The number of amides is 2. The van der Waals surface area contributed by atoms with E-state index in [9.17, 15) is 18.0 Å². The number of nitrogens with one attached hydrogen (secondary N) is 1. The number of carbonyl (C=O) groups is 2. The Morgan fingerprint density at radius 3 is 2.65 bits per heavy atom. The summed E-state index contributed by atoms with van der Waals surface area (Å²) in [6.45, 7) is 5.97. The van der Waals surface area contributed by atoms with E-state index >= 15 is 0 Å². The monoisotopic (exact) mass is 345 g/mol. The van der Waals surface area contributed by atoms with Crippen LogP contribution in [0.4, 0.5) is 0 Å². The van der Waals surface area contributed by atoms with E-state index in [0.29, 0.717) is 31.3 Å². The van der Waals surface area contributed by atoms with Gasteiger partial charge in [0.05, 0.1) is 12.8 Å². The number of piperidine rings is 2. The van der Waals surface area contributed by atoms with Gasteiger partial charge in [-0.3, -0.25) is 9.59 Å². The molecule has 0 aromatic carbocycles. The molecule has 132 valence electrons. The minimum Gasteiger partial charge on any atom is -0.341 e. The lowest BCUT2D eigenvalue weighted by Gasteiger charge is -2.47. The van der Waals surface area contributed by atoms with E-state index in [0.717, 1.165) is 25.6 Å². The summed E-state index contributed by atoms with van der Waals surface area (Å²) in [5.41, 5.74) is 0. The number of nitrogens with zero attached hydrogens (tertiary/aromatic N) is 2. The molecule has 2 atom stereocenters. The SMILES string of the molecule is CC(C)CN1C(=O)CC[C@H]2CN(C(=O)CNS(C)(=O)=O)CC[C@H]21. The van der Waals surface area contributed by atoms with E-state index in [2.05, 4.69) is 18.6 Å². The Kier molecular flexibility index (Phi) is 5.67. The van der Waals surface area contributed by atoms with Crippen molar-refractivity contribution in [3.63, 3.8) is 0 Å². The van der Waals surface area contributed by atoms with Gasteiger partial charge in [-0.2, -0.15) is 0 Å². The van der Waals surface area contributed by atoms with Crippen LogP contribution in [0, 0.1) is 11.8 Å². The van der Waals surface area contributed by atoms with Crippen molar-refractivity contribution in [3.05, 3.63) is 0 Å². The second-order valence-electron chi connectivity index (χ2n) is 7.03. The highest BCUT2D eigenvalue weighted by atomic mass is 32.2. The minimum absolute atomic E-state index is 0.190. The summed E-state index contributed by atoms with van der Waals surface area (Å²) in [6, 6.07) is 0.213. The second kappa shape index (κ2) is 7.17. The van der Waals surface area contributed by atoms with Gasteiger partial charge in [0, 0.05) is 32.1 Å². The van der Waals surface area contributed by atoms with Crippen LogP contribution in [0.1, 0.15) is 33.1 Å². The fourth-order valence-electron chi connectivity index (χ4n) is 3.51. The van der Waals surface area contributed by atoms with Gasteiger partial charge in [-0.1, -0.05) is 13.8 Å². The summed E-state index contributed by atoms with van der Waals surface area (Å²) >= 11 is 0. The quantitative estimate of drug-likeness (QED) is 0.762. The summed E-state index contributed by atoms with van der Waals surface area (Å²) in [5, 5.41) is 0. The maximum atomic E-state index is 12.2. The van der Waals surface area contributed by atoms with E-state index in [1.54, 1.807) is 4.90 Å². The van der Waals surface area contributed by atoms with E-state index in [1.807, 2.05) is 4.90 Å². The van der Waals surface area contributed by atoms with Crippen LogP contribution in [-0.4, -0.2) is 68.5 Å². The highest BCUT2D eigenvalue weighted by molar-refractivity contribution is 7.88. The van der Waals surface area contributed by atoms with Crippen LogP contribution in [-0.2, 0) is 19.6 Å². The molecule has 0 saturated carbocycles. The predicted molar refractivity (Wildman–Crippen MR) is 87.1 cm³/mol. The molecule has 2 saturated heterocycles. The van der Waals surface area contributed by atoms with E-state index < -0.39 is 10.0 Å². The number of hydrogen-bond acceptors (Lipinski definition) is 4. The van der Waals surface area contributed by atoms with Crippen LogP contribution >= 0.6 is 0 Å². The van der Waals surface area contributed by atoms with Gasteiger partial charge in [-0.15, -0.1) is 0 Å². The molecule has 0 bridgehead atoms. The molecule has 0 radical (unpaired) electrons. The third-order valence-electron chi connectivity index (χ3n) is 4.54. The van der Waals surface area contributed by atoms with Crippen molar-refractivity contribution in [1.29, 1.82) is 0 Å². The van der Waals surface area contributed by atoms with Gasteiger partial charge in [0.2, 0.25) is 21.8 Å². The normalized spacial score (nSPS) is 25.7. The Labute approximate surface area is 138 Å². The molecule has 2 aliphatic heterocycles. The average Bonchev–Trinajstić information content (AvgIpc) is 2.46. The fraction of sp³-hybridized carbons (Fsp3) is 0.867. The summed E-state index contributed by atoms with van der Waals surface area (Å²) < 4.78 is 24.5. The third kappa shape index (κ3) is 4.91. The Morgan fingerprint density at radius 1 is 1.35 bits per heavy atom. The minimum atomic E-state index is -3.36. The number of rotatable bonds is 5. The van der Waals surface area contributed by atoms with Gasteiger partial charge in [-0.25, -0.2) is 13.1 Å². The lowest BCUT2D eigenvalue weighted by molar-refractivity contribution is -0.144. The molecule has 0 aromatic rings. The molecular weight excluding hydrogens is 318 g/mol. The van der Waals surface area contributed by atoms with Gasteiger partial charge >= 0.3 is 0 Å². The smallest absolute Gasteiger partial charge is 0.237 e. The Bertz CT molecular complexity index is 561. The molecule has 2 amide bonds. The summed E-state index contributed by atoms with van der Waals surface area (Å²) in [6.07, 6.45) is 3.16. The maximum Gasteiger partial charge on any atom is 0.237 e. The molecule has 1 N–H and O–H groups in total. The lowest BCUT2D eigenvalue weighted by atomic mass is 9.83. The molecule has 0 unspecified atom stereocenters. The van der Waals surface area contributed by atoms with Crippen molar-refractivity contribution in [2.75, 3.05) is 32.4 Å². The van der Waals surface area contributed by atoms with E-state index in [1.165, 1.54) is 0 Å². The first-order valence-electron chi connectivity index (χ1n) is 8.19. The molecule has 0 aromatic heterocycles. The maximum absolute atomic E-state index is 12.2. The van der Waals surface area contributed by atoms with Crippen LogP contribution in [0.3, 0.4) is 0 Å². The van der Waals surface area contributed by atoms with Gasteiger partial charge in [0.25, 0.3) is 0 Å². The van der Waals surface area contributed by atoms with Gasteiger partial charge in [0.15, 0.2) is 0 Å². The summed E-state index contributed by atoms with van der Waals surface area (Å²) in [4.78, 5) is 28.1. The lowest BCUT2D eigenvalue weighted by Crippen LogP contribution is -2.58. The molecule has 7 nitrogen and oxygen atoms in total. The summed E-state index contributed by atoms with van der Waals surface area (Å²) in [7, 11) is -3.36. The average molecular weight is 345 g/mol. The van der Waals surface area contributed by atoms with E-state index in [-0.39, 0.29) is 24.4 Å². The Balaban J connectivity index is 1.96. The van der Waals surface area contributed by atoms with Crippen LogP contribution in [0.2, 0.25) is 0 Å². The van der Waals surface area contributed by atoms with Gasteiger partial charge in [0.1, 0.15) is 0 Å². The molecule has 8 heteroatoms.